The molecule has 1 atom stereocenters. The van der Waals surface area contributed by atoms with Gasteiger partial charge in [0.15, 0.2) is 0 Å². The minimum atomic E-state index is -3.57. The molecule has 172 valence electrons. The highest BCUT2D eigenvalue weighted by atomic mass is 32.2. The van der Waals surface area contributed by atoms with Gasteiger partial charge in [-0.1, -0.05) is 31.5 Å². The summed E-state index contributed by atoms with van der Waals surface area (Å²) in [6, 6.07) is 14.2. The molecule has 1 N–H and O–H groups in total. The van der Waals surface area contributed by atoms with Gasteiger partial charge in [0.1, 0.15) is 0 Å². The molecule has 2 fully saturated rings. The molecule has 0 radical (unpaired) electrons. The van der Waals surface area contributed by atoms with Crippen LogP contribution >= 0.6 is 0 Å². The predicted molar refractivity (Wildman–Crippen MR) is 127 cm³/mol. The van der Waals surface area contributed by atoms with Crippen LogP contribution in [-0.4, -0.2) is 49.7 Å². The highest BCUT2D eigenvalue weighted by molar-refractivity contribution is 7.89. The van der Waals surface area contributed by atoms with Gasteiger partial charge in [-0.15, -0.1) is 0 Å². The summed E-state index contributed by atoms with van der Waals surface area (Å²) in [6.07, 6.45) is 5.38. The SMILES string of the molecule is CC1CCCN(Cc2ccc(NC(=O)c3cccc(S(=O)(=O)N4CCCCC4)c3)cc2)C1. The number of likely N-dealkylation sites (tertiary alicyclic amines) is 1. The number of benzene rings is 2. The molecule has 2 aromatic rings. The van der Waals surface area contributed by atoms with Gasteiger partial charge < -0.3 is 5.32 Å². The summed E-state index contributed by atoms with van der Waals surface area (Å²) in [6.45, 7) is 6.59. The van der Waals surface area contributed by atoms with E-state index in [1.807, 2.05) is 24.3 Å². The molecule has 2 heterocycles. The van der Waals surface area contributed by atoms with Gasteiger partial charge in [0, 0.05) is 37.4 Å². The maximum atomic E-state index is 12.9. The number of hydrogen-bond donors (Lipinski definition) is 1. The van der Waals surface area contributed by atoms with Gasteiger partial charge in [-0.05, 0) is 74.0 Å². The predicted octanol–water partition coefficient (Wildman–Crippen LogP) is 4.35. The third-order valence-corrected chi connectivity index (χ3v) is 8.30. The molecule has 0 bridgehead atoms. The van der Waals surface area contributed by atoms with Crippen molar-refractivity contribution in [2.45, 2.75) is 50.5 Å². The number of anilines is 1. The molecule has 6 nitrogen and oxygen atoms in total. The summed E-state index contributed by atoms with van der Waals surface area (Å²) >= 11 is 0. The lowest BCUT2D eigenvalue weighted by molar-refractivity contribution is 0.102. The molecule has 2 aliphatic heterocycles. The van der Waals surface area contributed by atoms with Crippen LogP contribution in [0.2, 0.25) is 0 Å². The Hall–Kier alpha value is -2.22. The lowest BCUT2D eigenvalue weighted by atomic mass is 10.00. The van der Waals surface area contributed by atoms with Crippen molar-refractivity contribution in [2.75, 3.05) is 31.5 Å². The lowest BCUT2D eigenvalue weighted by Gasteiger charge is -2.30. The Bertz CT molecular complexity index is 1030. The van der Waals surface area contributed by atoms with Crippen molar-refractivity contribution >= 4 is 21.6 Å². The molecule has 2 aliphatic rings. The van der Waals surface area contributed by atoms with Crippen LogP contribution in [0.5, 0.6) is 0 Å². The highest BCUT2D eigenvalue weighted by Gasteiger charge is 2.26. The molecule has 0 aromatic heterocycles. The van der Waals surface area contributed by atoms with Crippen molar-refractivity contribution in [3.63, 3.8) is 0 Å². The Morgan fingerprint density at radius 1 is 1.00 bits per heavy atom. The molecule has 2 saturated heterocycles. The van der Waals surface area contributed by atoms with Gasteiger partial charge in [-0.25, -0.2) is 8.42 Å². The van der Waals surface area contributed by atoms with Gasteiger partial charge in [-0.2, -0.15) is 4.31 Å². The van der Waals surface area contributed by atoms with Crippen LogP contribution in [-0.2, 0) is 16.6 Å². The second-order valence-corrected chi connectivity index (χ2v) is 11.1. The van der Waals surface area contributed by atoms with Crippen molar-refractivity contribution in [3.05, 3.63) is 59.7 Å². The van der Waals surface area contributed by atoms with Gasteiger partial charge in [0.05, 0.1) is 4.90 Å². The summed E-state index contributed by atoms with van der Waals surface area (Å²) in [5, 5.41) is 2.89. The average Bonchev–Trinajstić information content (AvgIpc) is 2.81. The Morgan fingerprint density at radius 2 is 1.75 bits per heavy atom. The first-order chi connectivity index (χ1) is 15.4. The highest BCUT2D eigenvalue weighted by Crippen LogP contribution is 2.22. The number of carbonyl (C=O) groups excluding carboxylic acids is 1. The quantitative estimate of drug-likeness (QED) is 0.703. The zero-order valence-electron chi connectivity index (χ0n) is 18.8. The van der Waals surface area contributed by atoms with Crippen molar-refractivity contribution in [3.8, 4) is 0 Å². The van der Waals surface area contributed by atoms with E-state index in [0.717, 1.165) is 44.8 Å². The number of amides is 1. The first kappa shape index (κ1) is 23.0. The topological polar surface area (TPSA) is 69.7 Å². The van der Waals surface area contributed by atoms with Crippen molar-refractivity contribution in [1.82, 2.24) is 9.21 Å². The minimum Gasteiger partial charge on any atom is -0.322 e. The number of nitrogens with zero attached hydrogens (tertiary/aromatic N) is 2. The van der Waals surface area contributed by atoms with Crippen molar-refractivity contribution in [1.29, 1.82) is 0 Å². The fourth-order valence-corrected chi connectivity index (χ4v) is 6.20. The summed E-state index contributed by atoms with van der Waals surface area (Å²) in [4.78, 5) is 15.4. The second kappa shape index (κ2) is 10.1. The number of carbonyl (C=O) groups is 1. The summed E-state index contributed by atoms with van der Waals surface area (Å²) in [5.74, 6) is 0.440. The average molecular weight is 456 g/mol. The summed E-state index contributed by atoms with van der Waals surface area (Å²) in [5.41, 5.74) is 2.27. The third-order valence-electron chi connectivity index (χ3n) is 6.41. The largest absolute Gasteiger partial charge is 0.322 e. The maximum Gasteiger partial charge on any atom is 0.255 e. The van der Waals surface area contributed by atoms with Gasteiger partial charge in [-0.3, -0.25) is 9.69 Å². The van der Waals surface area contributed by atoms with E-state index in [2.05, 4.69) is 17.1 Å². The number of sulfonamides is 1. The third kappa shape index (κ3) is 5.57. The maximum absolute atomic E-state index is 12.9. The number of piperidine rings is 2. The van der Waals surface area contributed by atoms with Crippen LogP contribution in [0, 0.1) is 5.92 Å². The molecular formula is C25H33N3O3S. The van der Waals surface area contributed by atoms with E-state index in [4.69, 9.17) is 0 Å². The smallest absolute Gasteiger partial charge is 0.255 e. The monoisotopic (exact) mass is 455 g/mol. The van der Waals surface area contributed by atoms with E-state index in [9.17, 15) is 13.2 Å². The molecule has 4 rings (SSSR count). The van der Waals surface area contributed by atoms with E-state index in [1.54, 1.807) is 18.2 Å². The lowest BCUT2D eigenvalue weighted by Crippen LogP contribution is -2.35. The van der Waals surface area contributed by atoms with E-state index in [-0.39, 0.29) is 10.8 Å². The fourth-order valence-electron chi connectivity index (χ4n) is 4.64. The Morgan fingerprint density at radius 3 is 2.47 bits per heavy atom. The van der Waals surface area contributed by atoms with E-state index >= 15 is 0 Å². The van der Waals surface area contributed by atoms with Crippen LogP contribution < -0.4 is 5.32 Å². The van der Waals surface area contributed by atoms with Crippen LogP contribution in [0.15, 0.2) is 53.4 Å². The standard InChI is InChI=1S/C25H33N3O3S/c1-20-7-6-14-27(18-20)19-21-10-12-23(13-11-21)26-25(29)22-8-5-9-24(17-22)32(30,31)28-15-3-2-4-16-28/h5,8-13,17,20H,2-4,6-7,14-16,18-19H2,1H3,(H,26,29). The molecule has 1 amide bonds. The number of rotatable bonds is 6. The number of hydrogen-bond acceptors (Lipinski definition) is 4. The Kier molecular flexibility index (Phi) is 7.28. The van der Waals surface area contributed by atoms with E-state index in [1.165, 1.54) is 28.8 Å². The summed E-state index contributed by atoms with van der Waals surface area (Å²) < 4.78 is 27.4. The minimum absolute atomic E-state index is 0.179. The first-order valence-electron chi connectivity index (χ1n) is 11.6. The molecule has 2 aromatic carbocycles. The fraction of sp³-hybridized carbons (Fsp3) is 0.480. The normalized spacial score (nSPS) is 20.7. The zero-order chi connectivity index (χ0) is 22.6. The van der Waals surface area contributed by atoms with Gasteiger partial charge in [0.25, 0.3) is 5.91 Å². The van der Waals surface area contributed by atoms with Gasteiger partial charge >= 0.3 is 0 Å². The Balaban J connectivity index is 1.40. The molecule has 0 spiro atoms. The van der Waals surface area contributed by atoms with Crippen LogP contribution in [0.3, 0.4) is 0 Å². The van der Waals surface area contributed by atoms with Crippen LogP contribution in [0.1, 0.15) is 54.9 Å². The molecule has 0 saturated carbocycles. The first-order valence-corrected chi connectivity index (χ1v) is 13.1. The Labute approximate surface area is 191 Å². The van der Waals surface area contributed by atoms with Crippen molar-refractivity contribution in [2.24, 2.45) is 5.92 Å². The molecule has 32 heavy (non-hydrogen) atoms. The number of nitrogens with one attached hydrogen (secondary N) is 1. The second-order valence-electron chi connectivity index (χ2n) is 9.13. The summed E-state index contributed by atoms with van der Waals surface area (Å²) in [7, 11) is -3.57. The van der Waals surface area contributed by atoms with Crippen LogP contribution in [0.4, 0.5) is 5.69 Å². The van der Waals surface area contributed by atoms with E-state index < -0.39 is 10.0 Å². The zero-order valence-corrected chi connectivity index (χ0v) is 19.6. The van der Waals surface area contributed by atoms with Gasteiger partial charge in [0.2, 0.25) is 10.0 Å². The van der Waals surface area contributed by atoms with E-state index in [0.29, 0.717) is 24.3 Å². The molecule has 7 heteroatoms. The molecule has 1 unspecified atom stereocenters. The van der Waals surface area contributed by atoms with Crippen LogP contribution in [0.25, 0.3) is 0 Å². The molecule has 0 aliphatic carbocycles. The van der Waals surface area contributed by atoms with Crippen molar-refractivity contribution < 1.29 is 13.2 Å². The molecular weight excluding hydrogens is 422 g/mol.